The van der Waals surface area contributed by atoms with Crippen LogP contribution in [0.15, 0.2) is 0 Å². The Morgan fingerprint density at radius 3 is 2.56 bits per heavy atom. The highest BCUT2D eigenvalue weighted by Gasteiger charge is 2.18. The number of hydrogen-bond donors (Lipinski definition) is 1. The predicted octanol–water partition coefficient (Wildman–Crippen LogP) is 3.24. The fourth-order valence-electron chi connectivity index (χ4n) is 2.40. The van der Waals surface area contributed by atoms with Crippen molar-refractivity contribution in [2.24, 2.45) is 0 Å². The standard InChI is InChI=1S/C14H23N3O/c1-4-15-13-10(2)14(17-11(3)16-13)18-12-8-6-5-7-9-12/h12H,4-9H2,1-3H3,(H,15,16,17). The first-order chi connectivity index (χ1) is 8.70. The topological polar surface area (TPSA) is 47.0 Å². The van der Waals surface area contributed by atoms with Crippen molar-refractivity contribution in [1.82, 2.24) is 9.97 Å². The summed E-state index contributed by atoms with van der Waals surface area (Å²) >= 11 is 0. The number of hydrogen-bond acceptors (Lipinski definition) is 4. The van der Waals surface area contributed by atoms with Crippen LogP contribution in [0.5, 0.6) is 5.88 Å². The Labute approximate surface area is 109 Å². The lowest BCUT2D eigenvalue weighted by molar-refractivity contribution is 0.147. The van der Waals surface area contributed by atoms with E-state index in [0.717, 1.165) is 42.5 Å². The van der Waals surface area contributed by atoms with E-state index in [1.165, 1.54) is 19.3 Å². The summed E-state index contributed by atoms with van der Waals surface area (Å²) in [7, 11) is 0. The quantitative estimate of drug-likeness (QED) is 0.890. The van der Waals surface area contributed by atoms with E-state index in [1.54, 1.807) is 0 Å². The summed E-state index contributed by atoms with van der Waals surface area (Å²) in [5, 5.41) is 3.26. The molecule has 0 spiro atoms. The van der Waals surface area contributed by atoms with E-state index in [1.807, 2.05) is 13.8 Å². The minimum atomic E-state index is 0.334. The van der Waals surface area contributed by atoms with Gasteiger partial charge in [0.05, 0.1) is 5.56 Å². The summed E-state index contributed by atoms with van der Waals surface area (Å²) in [6.45, 7) is 6.86. The lowest BCUT2D eigenvalue weighted by Crippen LogP contribution is -2.21. The first kappa shape index (κ1) is 13.1. The second kappa shape index (κ2) is 6.03. The van der Waals surface area contributed by atoms with Crippen LogP contribution in [0.3, 0.4) is 0 Å². The van der Waals surface area contributed by atoms with E-state index < -0.39 is 0 Å². The third-order valence-corrected chi connectivity index (χ3v) is 3.39. The van der Waals surface area contributed by atoms with E-state index in [9.17, 15) is 0 Å². The molecule has 2 rings (SSSR count). The highest BCUT2D eigenvalue weighted by atomic mass is 16.5. The van der Waals surface area contributed by atoms with Crippen LogP contribution in [0.1, 0.15) is 50.4 Å². The SMILES string of the molecule is CCNc1nc(C)nc(OC2CCCCC2)c1C. The van der Waals surface area contributed by atoms with Gasteiger partial charge in [-0.05, 0) is 46.5 Å². The molecule has 0 aromatic carbocycles. The molecule has 4 heteroatoms. The fourth-order valence-corrected chi connectivity index (χ4v) is 2.40. The van der Waals surface area contributed by atoms with Gasteiger partial charge in [0, 0.05) is 6.54 Å². The van der Waals surface area contributed by atoms with Gasteiger partial charge in [-0.3, -0.25) is 0 Å². The predicted molar refractivity (Wildman–Crippen MR) is 73.2 cm³/mol. The highest BCUT2D eigenvalue weighted by Crippen LogP contribution is 2.27. The van der Waals surface area contributed by atoms with Crippen LogP contribution in [0, 0.1) is 13.8 Å². The molecule has 100 valence electrons. The second-order valence-electron chi connectivity index (χ2n) is 4.96. The Bertz CT molecular complexity index is 400. The number of aryl methyl sites for hydroxylation is 1. The van der Waals surface area contributed by atoms with Crippen LogP contribution in [-0.2, 0) is 0 Å². The molecule has 1 aromatic rings. The van der Waals surface area contributed by atoms with Crippen LogP contribution >= 0.6 is 0 Å². The third kappa shape index (κ3) is 3.12. The molecule has 1 aliphatic carbocycles. The van der Waals surface area contributed by atoms with Crippen LogP contribution < -0.4 is 10.1 Å². The molecule has 1 aromatic heterocycles. The largest absolute Gasteiger partial charge is 0.474 e. The Kier molecular flexibility index (Phi) is 4.39. The monoisotopic (exact) mass is 249 g/mol. The smallest absolute Gasteiger partial charge is 0.222 e. The van der Waals surface area contributed by atoms with Crippen LogP contribution in [0.2, 0.25) is 0 Å². The number of ether oxygens (including phenoxy) is 1. The van der Waals surface area contributed by atoms with Crippen molar-refractivity contribution in [1.29, 1.82) is 0 Å². The van der Waals surface area contributed by atoms with Crippen molar-refractivity contribution >= 4 is 5.82 Å². The fraction of sp³-hybridized carbons (Fsp3) is 0.714. The van der Waals surface area contributed by atoms with Crippen LogP contribution in [-0.4, -0.2) is 22.6 Å². The highest BCUT2D eigenvalue weighted by molar-refractivity contribution is 5.48. The molecular weight excluding hydrogens is 226 g/mol. The van der Waals surface area contributed by atoms with Gasteiger partial charge < -0.3 is 10.1 Å². The number of nitrogens with one attached hydrogen (secondary N) is 1. The molecule has 0 amide bonds. The molecule has 18 heavy (non-hydrogen) atoms. The summed E-state index contributed by atoms with van der Waals surface area (Å²) in [5.41, 5.74) is 1.02. The van der Waals surface area contributed by atoms with Gasteiger partial charge >= 0.3 is 0 Å². The third-order valence-electron chi connectivity index (χ3n) is 3.39. The Morgan fingerprint density at radius 1 is 1.17 bits per heavy atom. The number of anilines is 1. The molecule has 4 nitrogen and oxygen atoms in total. The normalized spacial score (nSPS) is 16.6. The molecule has 0 unspecified atom stereocenters. The minimum Gasteiger partial charge on any atom is -0.474 e. The average molecular weight is 249 g/mol. The molecule has 0 radical (unpaired) electrons. The van der Waals surface area contributed by atoms with Crippen molar-refractivity contribution in [2.45, 2.75) is 59.0 Å². The molecule has 1 aliphatic rings. The van der Waals surface area contributed by atoms with Gasteiger partial charge in [0.2, 0.25) is 5.88 Å². The lowest BCUT2D eigenvalue weighted by atomic mass is 9.98. The van der Waals surface area contributed by atoms with Gasteiger partial charge in [0.25, 0.3) is 0 Å². The van der Waals surface area contributed by atoms with Gasteiger partial charge in [-0.25, -0.2) is 4.98 Å². The zero-order valence-electron chi connectivity index (χ0n) is 11.6. The van der Waals surface area contributed by atoms with Crippen molar-refractivity contribution in [3.8, 4) is 5.88 Å². The summed E-state index contributed by atoms with van der Waals surface area (Å²) < 4.78 is 6.06. The van der Waals surface area contributed by atoms with Crippen molar-refractivity contribution in [3.05, 3.63) is 11.4 Å². The Hall–Kier alpha value is -1.32. The first-order valence-corrected chi connectivity index (χ1v) is 6.96. The maximum absolute atomic E-state index is 6.06. The Balaban J connectivity index is 2.15. The second-order valence-corrected chi connectivity index (χ2v) is 4.96. The molecule has 0 saturated heterocycles. The molecule has 0 atom stereocenters. The number of aromatic nitrogens is 2. The lowest BCUT2D eigenvalue weighted by Gasteiger charge is -2.23. The summed E-state index contributed by atoms with van der Waals surface area (Å²) in [6.07, 6.45) is 6.52. The zero-order chi connectivity index (χ0) is 13.0. The molecular formula is C14H23N3O. The molecule has 0 aliphatic heterocycles. The molecule has 1 fully saturated rings. The van der Waals surface area contributed by atoms with E-state index in [4.69, 9.17) is 4.74 Å². The average Bonchev–Trinajstić information content (AvgIpc) is 2.36. The maximum Gasteiger partial charge on any atom is 0.222 e. The van der Waals surface area contributed by atoms with Crippen molar-refractivity contribution in [2.75, 3.05) is 11.9 Å². The van der Waals surface area contributed by atoms with E-state index >= 15 is 0 Å². The van der Waals surface area contributed by atoms with E-state index in [-0.39, 0.29) is 0 Å². The van der Waals surface area contributed by atoms with Gasteiger partial charge in [0.15, 0.2) is 0 Å². The van der Waals surface area contributed by atoms with Crippen molar-refractivity contribution in [3.63, 3.8) is 0 Å². The Morgan fingerprint density at radius 2 is 1.89 bits per heavy atom. The van der Waals surface area contributed by atoms with Gasteiger partial charge in [-0.2, -0.15) is 4.98 Å². The van der Waals surface area contributed by atoms with Gasteiger partial charge in [0.1, 0.15) is 17.7 Å². The number of rotatable bonds is 4. The molecule has 0 bridgehead atoms. The first-order valence-electron chi connectivity index (χ1n) is 6.96. The van der Waals surface area contributed by atoms with Crippen molar-refractivity contribution < 1.29 is 4.74 Å². The van der Waals surface area contributed by atoms with Crippen LogP contribution in [0.4, 0.5) is 5.82 Å². The van der Waals surface area contributed by atoms with Crippen LogP contribution in [0.25, 0.3) is 0 Å². The van der Waals surface area contributed by atoms with Gasteiger partial charge in [-0.15, -0.1) is 0 Å². The minimum absolute atomic E-state index is 0.334. The summed E-state index contributed by atoms with van der Waals surface area (Å²) in [4.78, 5) is 8.85. The number of nitrogens with zero attached hydrogens (tertiary/aromatic N) is 2. The molecule has 1 heterocycles. The molecule has 1 saturated carbocycles. The van der Waals surface area contributed by atoms with E-state index in [0.29, 0.717) is 6.10 Å². The van der Waals surface area contributed by atoms with E-state index in [2.05, 4.69) is 22.2 Å². The zero-order valence-corrected chi connectivity index (χ0v) is 11.6. The summed E-state index contributed by atoms with van der Waals surface area (Å²) in [6, 6.07) is 0. The van der Waals surface area contributed by atoms with Gasteiger partial charge in [-0.1, -0.05) is 6.42 Å². The summed E-state index contributed by atoms with van der Waals surface area (Å²) in [5.74, 6) is 2.42. The molecule has 1 N–H and O–H groups in total. The maximum atomic E-state index is 6.06.